The number of hydrogen-bond acceptors (Lipinski definition) is 1. The zero-order valence-electron chi connectivity index (χ0n) is 37.3. The van der Waals surface area contributed by atoms with Gasteiger partial charge in [-0.3, -0.25) is 0 Å². The Balaban J connectivity index is 1.65. The van der Waals surface area contributed by atoms with Crippen LogP contribution in [0.3, 0.4) is 0 Å². The highest BCUT2D eigenvalue weighted by molar-refractivity contribution is 6.17. The summed E-state index contributed by atoms with van der Waals surface area (Å²) in [5.74, 6) is 0. The highest BCUT2D eigenvalue weighted by Crippen LogP contribution is 2.49. The van der Waals surface area contributed by atoms with Crippen LogP contribution in [0, 0.1) is 129 Å². The van der Waals surface area contributed by atoms with Crippen LogP contribution in [0.15, 0.2) is 36.4 Å². The van der Waals surface area contributed by atoms with Gasteiger partial charge in [0, 0.05) is 27.1 Å². The quantitative estimate of drug-likeness (QED) is 0.165. The zero-order valence-corrected chi connectivity index (χ0v) is 37.3. The van der Waals surface area contributed by atoms with Gasteiger partial charge in [0.25, 0.3) is 0 Å². The predicted octanol–water partition coefficient (Wildman–Crippen LogP) is 14.9. The molecule has 0 radical (unpaired) electrons. The first-order chi connectivity index (χ1) is 27.4. The molecule has 4 nitrogen and oxygen atoms in total. The van der Waals surface area contributed by atoms with Crippen LogP contribution in [0.4, 0.5) is 5.69 Å². The molecule has 0 fully saturated rings. The van der Waals surface area contributed by atoms with E-state index in [9.17, 15) is 5.26 Å². The number of nitriles is 1. The summed E-state index contributed by atoms with van der Waals surface area (Å²) in [6, 6.07) is 14.8. The highest BCUT2D eigenvalue weighted by Gasteiger charge is 2.29. The monoisotopic (exact) mass is 758 g/mol. The minimum absolute atomic E-state index is 0.578. The van der Waals surface area contributed by atoms with Crippen LogP contribution in [0.25, 0.3) is 71.0 Å². The summed E-state index contributed by atoms with van der Waals surface area (Å²) in [5.41, 5.74) is 30.5. The van der Waals surface area contributed by atoms with Crippen LogP contribution < -0.4 is 0 Å². The van der Waals surface area contributed by atoms with E-state index in [4.69, 9.17) is 6.57 Å². The lowest BCUT2D eigenvalue weighted by molar-refractivity contribution is 1.12. The summed E-state index contributed by atoms with van der Waals surface area (Å²) >= 11 is 0. The van der Waals surface area contributed by atoms with E-state index < -0.39 is 0 Å². The second kappa shape index (κ2) is 13.2. The zero-order chi connectivity index (χ0) is 42.1. The molecule has 0 aliphatic heterocycles. The molecule has 4 heteroatoms. The van der Waals surface area contributed by atoms with E-state index in [1.165, 1.54) is 133 Å². The van der Waals surface area contributed by atoms with Crippen molar-refractivity contribution < 1.29 is 0 Å². The van der Waals surface area contributed by atoms with Crippen LogP contribution in [0.5, 0.6) is 0 Å². The van der Waals surface area contributed by atoms with Crippen molar-refractivity contribution in [3.63, 3.8) is 0 Å². The molecule has 0 aliphatic rings. The Labute approximate surface area is 344 Å². The summed E-state index contributed by atoms with van der Waals surface area (Å²) in [6.45, 7) is 44.4. The molecule has 2 heterocycles. The first-order valence-corrected chi connectivity index (χ1v) is 20.5. The van der Waals surface area contributed by atoms with E-state index in [2.05, 4.69) is 155 Å². The summed E-state index contributed by atoms with van der Waals surface area (Å²) < 4.78 is 4.98. The average Bonchev–Trinajstić information content (AvgIpc) is 3.78. The van der Waals surface area contributed by atoms with Crippen LogP contribution >= 0.6 is 0 Å². The Morgan fingerprint density at radius 2 is 0.741 bits per heavy atom. The Morgan fingerprint density at radius 3 is 1.09 bits per heavy atom. The van der Waals surface area contributed by atoms with E-state index in [-0.39, 0.29) is 0 Å². The standard InChI is InChI=1S/C54H54N4/c1-25-29(5)37(13)51-47(33(25)9)48-34(10)26(2)30(6)38(14)52(48)57(51)45-21-19-42(56-17)23-44(45)43-20-18-41(24-55)22-46(43)58-53-39(15)31(7)27(3)35(11)49(53)50-36(12)28(4)32(8)40(16)54(50)58/h18-23H,1-16H3. The normalized spacial score (nSPS) is 11.8. The van der Waals surface area contributed by atoms with Gasteiger partial charge in [0.15, 0.2) is 5.69 Å². The molecule has 58 heavy (non-hydrogen) atoms. The Morgan fingerprint density at radius 1 is 0.397 bits per heavy atom. The van der Waals surface area contributed by atoms with Crippen molar-refractivity contribution in [2.75, 3.05) is 0 Å². The fourth-order valence-electron chi connectivity index (χ4n) is 10.2. The third kappa shape index (κ3) is 4.91. The van der Waals surface area contributed by atoms with E-state index in [1.54, 1.807) is 0 Å². The first-order valence-electron chi connectivity index (χ1n) is 20.5. The fourth-order valence-corrected chi connectivity index (χ4v) is 10.2. The van der Waals surface area contributed by atoms with Gasteiger partial charge in [0.05, 0.1) is 51.6 Å². The number of hydrogen-bond donors (Lipinski definition) is 0. The van der Waals surface area contributed by atoms with Gasteiger partial charge in [-0.2, -0.15) is 5.26 Å². The maximum absolute atomic E-state index is 10.5. The van der Waals surface area contributed by atoms with Crippen LogP contribution in [-0.4, -0.2) is 9.13 Å². The third-order valence-corrected chi connectivity index (χ3v) is 15.0. The average molecular weight is 759 g/mol. The minimum Gasteiger partial charge on any atom is -0.308 e. The topological polar surface area (TPSA) is 38.0 Å². The van der Waals surface area contributed by atoms with Gasteiger partial charge in [-0.25, -0.2) is 4.85 Å². The maximum Gasteiger partial charge on any atom is 0.188 e. The number of fused-ring (bicyclic) bond motifs is 6. The maximum atomic E-state index is 10.5. The van der Waals surface area contributed by atoms with Gasteiger partial charge >= 0.3 is 0 Å². The smallest absolute Gasteiger partial charge is 0.188 e. The second-order valence-electron chi connectivity index (χ2n) is 17.2. The molecule has 8 aromatic rings. The van der Waals surface area contributed by atoms with Crippen molar-refractivity contribution in [2.24, 2.45) is 0 Å². The van der Waals surface area contributed by atoms with Crippen LogP contribution in [0.1, 0.15) is 94.6 Å². The molecule has 290 valence electrons. The third-order valence-electron chi connectivity index (χ3n) is 15.0. The molecule has 0 unspecified atom stereocenters. The molecule has 8 rings (SSSR count). The van der Waals surface area contributed by atoms with Crippen molar-refractivity contribution in [1.29, 1.82) is 5.26 Å². The van der Waals surface area contributed by atoms with Gasteiger partial charge in [-0.1, -0.05) is 12.1 Å². The largest absolute Gasteiger partial charge is 0.308 e. The van der Waals surface area contributed by atoms with Gasteiger partial charge in [-0.05, 0) is 230 Å². The number of aromatic nitrogens is 2. The molecule has 0 spiro atoms. The molecule has 0 amide bonds. The van der Waals surface area contributed by atoms with E-state index in [0.717, 1.165) is 22.5 Å². The molecule has 0 atom stereocenters. The van der Waals surface area contributed by atoms with Crippen molar-refractivity contribution in [3.8, 4) is 28.6 Å². The van der Waals surface area contributed by atoms with Crippen molar-refractivity contribution in [1.82, 2.24) is 9.13 Å². The molecule has 0 saturated carbocycles. The number of nitrogens with zero attached hydrogens (tertiary/aromatic N) is 4. The first kappa shape index (κ1) is 38.8. The van der Waals surface area contributed by atoms with Gasteiger partial charge < -0.3 is 9.13 Å². The summed E-state index contributed by atoms with van der Waals surface area (Å²) in [4.78, 5) is 4.02. The van der Waals surface area contributed by atoms with Crippen LogP contribution in [-0.2, 0) is 0 Å². The second-order valence-corrected chi connectivity index (χ2v) is 17.2. The number of benzene rings is 6. The van der Waals surface area contributed by atoms with E-state index in [1.807, 2.05) is 12.1 Å². The summed E-state index contributed by atoms with van der Waals surface area (Å²) in [6.07, 6.45) is 0. The number of aryl methyl sites for hydroxylation is 8. The fraction of sp³-hybridized carbons (Fsp3) is 0.296. The van der Waals surface area contributed by atoms with E-state index >= 15 is 0 Å². The summed E-state index contributed by atoms with van der Waals surface area (Å²) in [7, 11) is 0. The van der Waals surface area contributed by atoms with Crippen molar-refractivity contribution >= 4 is 49.3 Å². The Hall–Kier alpha value is -6.10. The molecule has 0 saturated heterocycles. The highest BCUT2D eigenvalue weighted by atomic mass is 15.0. The lowest BCUT2D eigenvalue weighted by Gasteiger charge is -2.22. The minimum atomic E-state index is 0.578. The van der Waals surface area contributed by atoms with Gasteiger partial charge in [-0.15, -0.1) is 0 Å². The molecule has 0 aliphatic carbocycles. The Bertz CT molecular complexity index is 3130. The van der Waals surface area contributed by atoms with Crippen molar-refractivity contribution in [2.45, 2.75) is 111 Å². The lowest BCUT2D eigenvalue weighted by atomic mass is 9.90. The molecule has 6 aromatic carbocycles. The molecular weight excluding hydrogens is 705 g/mol. The van der Waals surface area contributed by atoms with Crippen molar-refractivity contribution in [3.05, 3.63) is 142 Å². The number of rotatable bonds is 3. The SMILES string of the molecule is [C-]#[N+]c1ccc(-n2c3c(C)c(C)c(C)c(C)c3c3c(C)c(C)c(C)c(C)c32)c(-c2ccc(C#N)cc2-n2c3c(C)c(C)c(C)c(C)c3c3c(C)c(C)c(C)c(C)c32)c1. The Kier molecular flexibility index (Phi) is 8.84. The summed E-state index contributed by atoms with van der Waals surface area (Å²) in [5, 5.41) is 15.7. The van der Waals surface area contributed by atoms with Crippen LogP contribution in [0.2, 0.25) is 0 Å². The predicted molar refractivity (Wildman–Crippen MR) is 247 cm³/mol. The molecule has 0 N–H and O–H groups in total. The molecule has 2 aromatic heterocycles. The van der Waals surface area contributed by atoms with Gasteiger partial charge in [0.1, 0.15) is 0 Å². The molecular formula is C54H54N4. The van der Waals surface area contributed by atoms with Gasteiger partial charge in [0.2, 0.25) is 0 Å². The van der Waals surface area contributed by atoms with E-state index in [0.29, 0.717) is 11.3 Å². The molecule has 0 bridgehead atoms. The lowest BCUT2D eigenvalue weighted by Crippen LogP contribution is -2.06.